The molecule has 2 rings (SSSR count). The molecular formula is C13H26N2. The van der Waals surface area contributed by atoms with E-state index >= 15 is 0 Å². The highest BCUT2D eigenvalue weighted by Gasteiger charge is 2.47. The van der Waals surface area contributed by atoms with Gasteiger partial charge in [-0.05, 0) is 50.5 Å². The van der Waals surface area contributed by atoms with Crippen LogP contribution in [0.4, 0.5) is 0 Å². The SMILES string of the molecule is CC1CC(N)CCN1CC1(C(C)C)CC1. The summed E-state index contributed by atoms with van der Waals surface area (Å²) in [5, 5.41) is 0. The molecule has 0 aromatic rings. The largest absolute Gasteiger partial charge is 0.328 e. The average Bonchev–Trinajstić information content (AvgIpc) is 2.91. The predicted octanol–water partition coefficient (Wildman–Crippen LogP) is 2.23. The van der Waals surface area contributed by atoms with E-state index in [1.807, 2.05) is 0 Å². The van der Waals surface area contributed by atoms with E-state index in [0.717, 1.165) is 5.92 Å². The van der Waals surface area contributed by atoms with Crippen molar-refractivity contribution in [3.63, 3.8) is 0 Å². The molecule has 0 aromatic carbocycles. The zero-order valence-corrected chi connectivity index (χ0v) is 10.5. The average molecular weight is 210 g/mol. The summed E-state index contributed by atoms with van der Waals surface area (Å²) in [7, 11) is 0. The Morgan fingerprint density at radius 1 is 1.40 bits per heavy atom. The smallest absolute Gasteiger partial charge is 0.00819 e. The lowest BCUT2D eigenvalue weighted by atomic mass is 9.89. The molecule has 0 aromatic heterocycles. The molecule has 0 bridgehead atoms. The molecule has 2 unspecified atom stereocenters. The van der Waals surface area contributed by atoms with Gasteiger partial charge in [0.15, 0.2) is 0 Å². The normalized spacial score (nSPS) is 35.8. The van der Waals surface area contributed by atoms with Crippen molar-refractivity contribution in [1.82, 2.24) is 4.90 Å². The van der Waals surface area contributed by atoms with E-state index in [-0.39, 0.29) is 0 Å². The molecule has 2 nitrogen and oxygen atoms in total. The molecule has 0 amide bonds. The number of rotatable bonds is 3. The Morgan fingerprint density at radius 3 is 2.53 bits per heavy atom. The Labute approximate surface area is 94.2 Å². The van der Waals surface area contributed by atoms with Gasteiger partial charge >= 0.3 is 0 Å². The number of piperidine rings is 1. The van der Waals surface area contributed by atoms with Gasteiger partial charge in [0.25, 0.3) is 0 Å². The Morgan fingerprint density at radius 2 is 2.07 bits per heavy atom. The molecule has 0 spiro atoms. The zero-order valence-electron chi connectivity index (χ0n) is 10.5. The van der Waals surface area contributed by atoms with E-state index in [1.54, 1.807) is 0 Å². The summed E-state index contributed by atoms with van der Waals surface area (Å²) in [5.41, 5.74) is 6.66. The molecular weight excluding hydrogens is 184 g/mol. The number of likely N-dealkylation sites (tertiary alicyclic amines) is 1. The van der Waals surface area contributed by atoms with Crippen LogP contribution in [0.5, 0.6) is 0 Å². The number of nitrogens with zero attached hydrogens (tertiary/aromatic N) is 1. The second-order valence-corrected chi connectivity index (χ2v) is 6.12. The Balaban J connectivity index is 1.89. The van der Waals surface area contributed by atoms with Crippen LogP contribution in [0.25, 0.3) is 0 Å². The lowest BCUT2D eigenvalue weighted by Gasteiger charge is -2.39. The minimum absolute atomic E-state index is 0.449. The topological polar surface area (TPSA) is 29.3 Å². The molecule has 1 heterocycles. The van der Waals surface area contributed by atoms with Gasteiger partial charge in [0.05, 0.1) is 0 Å². The summed E-state index contributed by atoms with van der Waals surface area (Å²) in [6, 6.07) is 1.15. The molecule has 2 N–H and O–H groups in total. The molecule has 2 heteroatoms. The minimum Gasteiger partial charge on any atom is -0.328 e. The Kier molecular flexibility index (Phi) is 3.09. The zero-order chi connectivity index (χ0) is 11.1. The second kappa shape index (κ2) is 4.06. The van der Waals surface area contributed by atoms with Gasteiger partial charge in [0.2, 0.25) is 0 Å². The highest BCUT2D eigenvalue weighted by molar-refractivity contribution is 4.99. The maximum absolute atomic E-state index is 6.00. The monoisotopic (exact) mass is 210 g/mol. The van der Waals surface area contributed by atoms with E-state index in [9.17, 15) is 0 Å². The van der Waals surface area contributed by atoms with Gasteiger partial charge in [-0.1, -0.05) is 13.8 Å². The molecule has 88 valence electrons. The van der Waals surface area contributed by atoms with Gasteiger partial charge in [0.1, 0.15) is 0 Å². The molecule has 2 fully saturated rings. The molecule has 2 aliphatic rings. The van der Waals surface area contributed by atoms with Crippen molar-refractivity contribution in [2.24, 2.45) is 17.1 Å². The van der Waals surface area contributed by atoms with E-state index in [2.05, 4.69) is 25.7 Å². The molecule has 1 saturated heterocycles. The Bertz CT molecular complexity index is 221. The predicted molar refractivity (Wildman–Crippen MR) is 64.7 cm³/mol. The summed E-state index contributed by atoms with van der Waals surface area (Å²) < 4.78 is 0. The Hall–Kier alpha value is -0.0800. The van der Waals surface area contributed by atoms with Crippen molar-refractivity contribution in [3.05, 3.63) is 0 Å². The second-order valence-electron chi connectivity index (χ2n) is 6.12. The van der Waals surface area contributed by atoms with Crippen LogP contribution in [0.3, 0.4) is 0 Å². The van der Waals surface area contributed by atoms with Gasteiger partial charge < -0.3 is 5.73 Å². The van der Waals surface area contributed by atoms with Crippen molar-refractivity contribution >= 4 is 0 Å². The molecule has 2 atom stereocenters. The van der Waals surface area contributed by atoms with Gasteiger partial charge in [-0.15, -0.1) is 0 Å². The lowest BCUT2D eigenvalue weighted by Crippen LogP contribution is -2.48. The first-order valence-corrected chi connectivity index (χ1v) is 6.53. The van der Waals surface area contributed by atoms with Crippen molar-refractivity contribution in [1.29, 1.82) is 0 Å². The fourth-order valence-corrected chi connectivity index (χ4v) is 2.98. The number of hydrogen-bond donors (Lipinski definition) is 1. The highest BCUT2D eigenvalue weighted by atomic mass is 15.2. The van der Waals surface area contributed by atoms with Crippen LogP contribution in [-0.2, 0) is 0 Å². The number of hydrogen-bond acceptors (Lipinski definition) is 2. The quantitative estimate of drug-likeness (QED) is 0.774. The molecule has 0 radical (unpaired) electrons. The third kappa shape index (κ3) is 2.36. The first-order chi connectivity index (χ1) is 7.03. The first-order valence-electron chi connectivity index (χ1n) is 6.53. The van der Waals surface area contributed by atoms with Crippen LogP contribution in [0.15, 0.2) is 0 Å². The maximum Gasteiger partial charge on any atom is 0.00819 e. The molecule has 1 aliphatic heterocycles. The minimum atomic E-state index is 0.449. The van der Waals surface area contributed by atoms with Crippen molar-refractivity contribution in [2.75, 3.05) is 13.1 Å². The molecule has 1 aliphatic carbocycles. The summed E-state index contributed by atoms with van der Waals surface area (Å²) in [4.78, 5) is 2.68. The summed E-state index contributed by atoms with van der Waals surface area (Å²) in [5.74, 6) is 0.847. The van der Waals surface area contributed by atoms with Gasteiger partial charge in [0, 0.05) is 18.6 Å². The van der Waals surface area contributed by atoms with E-state index in [4.69, 9.17) is 5.73 Å². The standard InChI is InChI=1S/C13H26N2/c1-10(2)13(5-6-13)9-15-7-4-12(14)8-11(15)3/h10-12H,4-9,14H2,1-3H3. The third-order valence-electron chi connectivity index (χ3n) is 4.69. The van der Waals surface area contributed by atoms with Gasteiger partial charge in [-0.2, -0.15) is 0 Å². The van der Waals surface area contributed by atoms with Gasteiger partial charge in [-0.25, -0.2) is 0 Å². The van der Waals surface area contributed by atoms with Gasteiger partial charge in [-0.3, -0.25) is 4.90 Å². The fraction of sp³-hybridized carbons (Fsp3) is 1.00. The first kappa shape index (κ1) is 11.4. The molecule has 15 heavy (non-hydrogen) atoms. The van der Waals surface area contributed by atoms with Crippen LogP contribution in [0, 0.1) is 11.3 Å². The summed E-state index contributed by atoms with van der Waals surface area (Å²) >= 11 is 0. The van der Waals surface area contributed by atoms with E-state index in [1.165, 1.54) is 38.8 Å². The van der Waals surface area contributed by atoms with Crippen molar-refractivity contribution in [2.45, 2.75) is 58.5 Å². The van der Waals surface area contributed by atoms with Crippen molar-refractivity contribution < 1.29 is 0 Å². The number of nitrogens with two attached hydrogens (primary N) is 1. The molecule has 1 saturated carbocycles. The maximum atomic E-state index is 6.00. The van der Waals surface area contributed by atoms with Crippen LogP contribution in [0.2, 0.25) is 0 Å². The van der Waals surface area contributed by atoms with Crippen LogP contribution in [0.1, 0.15) is 46.5 Å². The van der Waals surface area contributed by atoms with Crippen LogP contribution >= 0.6 is 0 Å². The highest BCUT2D eigenvalue weighted by Crippen LogP contribution is 2.52. The van der Waals surface area contributed by atoms with Crippen LogP contribution in [-0.4, -0.2) is 30.1 Å². The lowest BCUT2D eigenvalue weighted by molar-refractivity contribution is 0.104. The summed E-state index contributed by atoms with van der Waals surface area (Å²) in [6.45, 7) is 9.64. The van der Waals surface area contributed by atoms with E-state index in [0.29, 0.717) is 17.5 Å². The van der Waals surface area contributed by atoms with E-state index < -0.39 is 0 Å². The van der Waals surface area contributed by atoms with Crippen molar-refractivity contribution in [3.8, 4) is 0 Å². The third-order valence-corrected chi connectivity index (χ3v) is 4.69. The summed E-state index contributed by atoms with van der Waals surface area (Å²) in [6.07, 6.45) is 5.27. The van der Waals surface area contributed by atoms with Crippen LogP contribution < -0.4 is 5.73 Å². The fourth-order valence-electron chi connectivity index (χ4n) is 2.98.